The third-order valence-corrected chi connectivity index (χ3v) is 3.91. The van der Waals surface area contributed by atoms with Crippen LogP contribution in [0.5, 0.6) is 5.75 Å². The van der Waals surface area contributed by atoms with Crippen LogP contribution >= 0.6 is 11.3 Å². The number of benzene rings is 1. The van der Waals surface area contributed by atoms with Crippen molar-refractivity contribution in [3.63, 3.8) is 0 Å². The molecule has 0 aliphatic rings. The smallest absolute Gasteiger partial charge is 0.131 e. The molecule has 1 aromatic carbocycles. The van der Waals surface area contributed by atoms with Crippen LogP contribution in [0.15, 0.2) is 29.6 Å². The molecule has 20 heavy (non-hydrogen) atoms. The summed E-state index contributed by atoms with van der Waals surface area (Å²) in [6.45, 7) is 7.95. The Morgan fingerprint density at radius 2 is 2.10 bits per heavy atom. The summed E-state index contributed by atoms with van der Waals surface area (Å²) in [5.41, 5.74) is 2.41. The van der Waals surface area contributed by atoms with Crippen molar-refractivity contribution >= 4 is 11.3 Å². The van der Waals surface area contributed by atoms with Crippen molar-refractivity contribution in [2.24, 2.45) is 0 Å². The van der Waals surface area contributed by atoms with Gasteiger partial charge in [0.15, 0.2) is 0 Å². The zero-order chi connectivity index (χ0) is 14.6. The van der Waals surface area contributed by atoms with E-state index >= 15 is 0 Å². The van der Waals surface area contributed by atoms with Gasteiger partial charge in [0, 0.05) is 11.9 Å². The van der Waals surface area contributed by atoms with E-state index in [2.05, 4.69) is 48.6 Å². The summed E-state index contributed by atoms with van der Waals surface area (Å²) in [5.74, 6) is 0.903. The Hall–Kier alpha value is -1.39. The number of thiazole rings is 1. The van der Waals surface area contributed by atoms with Crippen molar-refractivity contribution in [3.8, 4) is 5.75 Å². The van der Waals surface area contributed by atoms with E-state index in [1.165, 1.54) is 5.56 Å². The maximum atomic E-state index is 5.84. The second-order valence-corrected chi connectivity index (χ2v) is 6.77. The first kappa shape index (κ1) is 15.0. The van der Waals surface area contributed by atoms with E-state index in [4.69, 9.17) is 4.74 Å². The van der Waals surface area contributed by atoms with Crippen LogP contribution in [0.3, 0.4) is 0 Å². The van der Waals surface area contributed by atoms with Gasteiger partial charge in [-0.25, -0.2) is 4.98 Å². The Morgan fingerprint density at radius 1 is 1.30 bits per heavy atom. The van der Waals surface area contributed by atoms with Crippen molar-refractivity contribution in [2.75, 3.05) is 7.05 Å². The molecular weight excluding hydrogens is 268 g/mol. The van der Waals surface area contributed by atoms with Crippen LogP contribution in [0.1, 0.15) is 37.0 Å². The van der Waals surface area contributed by atoms with Crippen LogP contribution in [0, 0.1) is 0 Å². The van der Waals surface area contributed by atoms with E-state index in [9.17, 15) is 0 Å². The number of ether oxygens (including phenoxy) is 1. The Balaban J connectivity index is 1.99. The molecule has 0 saturated heterocycles. The SMILES string of the molecule is CNCc1nc(COc2cccc(C(C)(C)C)c2)cs1. The molecule has 0 radical (unpaired) electrons. The van der Waals surface area contributed by atoms with Crippen LogP contribution in [0.4, 0.5) is 0 Å². The van der Waals surface area contributed by atoms with Crippen molar-refractivity contribution in [1.82, 2.24) is 10.3 Å². The molecule has 0 atom stereocenters. The first-order valence-electron chi connectivity index (χ1n) is 6.80. The van der Waals surface area contributed by atoms with Gasteiger partial charge in [0.05, 0.1) is 5.69 Å². The molecule has 108 valence electrons. The van der Waals surface area contributed by atoms with E-state index < -0.39 is 0 Å². The van der Waals surface area contributed by atoms with Gasteiger partial charge in [0.25, 0.3) is 0 Å². The number of aromatic nitrogens is 1. The first-order chi connectivity index (χ1) is 9.49. The molecule has 0 aliphatic heterocycles. The lowest BCUT2D eigenvalue weighted by Gasteiger charge is -2.19. The normalized spacial score (nSPS) is 11.6. The predicted octanol–water partition coefficient (Wildman–Crippen LogP) is 3.74. The van der Waals surface area contributed by atoms with Gasteiger partial charge in [-0.15, -0.1) is 11.3 Å². The largest absolute Gasteiger partial charge is 0.487 e. The van der Waals surface area contributed by atoms with Crippen LogP contribution in [-0.4, -0.2) is 12.0 Å². The average molecular weight is 290 g/mol. The van der Waals surface area contributed by atoms with E-state index in [1.54, 1.807) is 11.3 Å². The van der Waals surface area contributed by atoms with Crippen molar-refractivity contribution < 1.29 is 4.74 Å². The van der Waals surface area contributed by atoms with Gasteiger partial charge in [-0.2, -0.15) is 0 Å². The quantitative estimate of drug-likeness (QED) is 0.911. The van der Waals surface area contributed by atoms with Crippen LogP contribution in [0.25, 0.3) is 0 Å². The van der Waals surface area contributed by atoms with Crippen LogP contribution < -0.4 is 10.1 Å². The van der Waals surface area contributed by atoms with E-state index in [0.717, 1.165) is 23.0 Å². The lowest BCUT2D eigenvalue weighted by Crippen LogP contribution is -2.11. The fourth-order valence-corrected chi connectivity index (χ4v) is 2.65. The zero-order valence-corrected chi connectivity index (χ0v) is 13.4. The van der Waals surface area contributed by atoms with Gasteiger partial charge in [-0.3, -0.25) is 0 Å². The minimum atomic E-state index is 0.139. The summed E-state index contributed by atoms with van der Waals surface area (Å²) < 4.78 is 5.84. The third-order valence-electron chi connectivity index (χ3n) is 3.01. The number of nitrogens with one attached hydrogen (secondary N) is 1. The van der Waals surface area contributed by atoms with E-state index in [-0.39, 0.29) is 5.41 Å². The number of rotatable bonds is 5. The summed E-state index contributed by atoms with van der Waals surface area (Å²) in [4.78, 5) is 4.52. The molecule has 0 amide bonds. The van der Waals surface area contributed by atoms with Crippen molar-refractivity contribution in [1.29, 1.82) is 0 Å². The Kier molecular flexibility index (Phi) is 4.78. The van der Waals surface area contributed by atoms with Crippen molar-refractivity contribution in [2.45, 2.75) is 39.3 Å². The summed E-state index contributed by atoms with van der Waals surface area (Å²) in [7, 11) is 1.93. The van der Waals surface area contributed by atoms with Crippen molar-refractivity contribution in [3.05, 3.63) is 45.9 Å². The molecule has 1 aromatic heterocycles. The highest BCUT2D eigenvalue weighted by molar-refractivity contribution is 7.09. The molecule has 0 spiro atoms. The minimum absolute atomic E-state index is 0.139. The number of hydrogen-bond donors (Lipinski definition) is 1. The highest BCUT2D eigenvalue weighted by Crippen LogP contribution is 2.26. The lowest BCUT2D eigenvalue weighted by molar-refractivity contribution is 0.301. The fraction of sp³-hybridized carbons (Fsp3) is 0.438. The molecule has 0 bridgehead atoms. The molecule has 1 heterocycles. The maximum Gasteiger partial charge on any atom is 0.131 e. The Morgan fingerprint density at radius 3 is 2.80 bits per heavy atom. The van der Waals surface area contributed by atoms with Crippen LogP contribution in [-0.2, 0) is 18.6 Å². The lowest BCUT2D eigenvalue weighted by atomic mass is 9.87. The molecular formula is C16H22N2OS. The molecule has 0 unspecified atom stereocenters. The van der Waals surface area contributed by atoms with Gasteiger partial charge in [0.2, 0.25) is 0 Å². The van der Waals surface area contributed by atoms with Crippen LogP contribution in [0.2, 0.25) is 0 Å². The molecule has 2 aromatic rings. The second-order valence-electron chi connectivity index (χ2n) is 5.83. The average Bonchev–Trinajstić information content (AvgIpc) is 2.84. The molecule has 1 N–H and O–H groups in total. The van der Waals surface area contributed by atoms with Gasteiger partial charge >= 0.3 is 0 Å². The Bertz CT molecular complexity index is 558. The first-order valence-corrected chi connectivity index (χ1v) is 7.68. The van der Waals surface area contributed by atoms with Gasteiger partial charge in [-0.1, -0.05) is 32.9 Å². The van der Waals surface area contributed by atoms with E-state index in [1.807, 2.05) is 19.2 Å². The predicted molar refractivity (Wildman–Crippen MR) is 84.4 cm³/mol. The zero-order valence-electron chi connectivity index (χ0n) is 12.6. The molecule has 0 aliphatic carbocycles. The molecule has 0 fully saturated rings. The molecule has 3 nitrogen and oxygen atoms in total. The minimum Gasteiger partial charge on any atom is -0.487 e. The van der Waals surface area contributed by atoms with Gasteiger partial charge in [-0.05, 0) is 30.2 Å². The summed E-state index contributed by atoms with van der Waals surface area (Å²) in [6.07, 6.45) is 0. The summed E-state index contributed by atoms with van der Waals surface area (Å²) in [6, 6.07) is 8.29. The topological polar surface area (TPSA) is 34.2 Å². The fourth-order valence-electron chi connectivity index (χ4n) is 1.86. The molecule has 2 rings (SSSR count). The standard InChI is InChI=1S/C16H22N2OS/c1-16(2,3)12-6-5-7-14(8-12)19-10-13-11-20-15(18-13)9-17-4/h5-8,11,17H,9-10H2,1-4H3. The molecule has 4 heteroatoms. The van der Waals surface area contributed by atoms with Gasteiger partial charge < -0.3 is 10.1 Å². The second kappa shape index (κ2) is 6.37. The maximum absolute atomic E-state index is 5.84. The third kappa shape index (κ3) is 4.05. The highest BCUT2D eigenvalue weighted by Gasteiger charge is 2.14. The summed E-state index contributed by atoms with van der Waals surface area (Å²) in [5, 5.41) is 6.25. The number of hydrogen-bond acceptors (Lipinski definition) is 4. The Labute approximate surface area is 125 Å². The molecule has 0 saturated carbocycles. The number of nitrogens with zero attached hydrogens (tertiary/aromatic N) is 1. The van der Waals surface area contributed by atoms with E-state index in [0.29, 0.717) is 6.61 Å². The van der Waals surface area contributed by atoms with Gasteiger partial charge in [0.1, 0.15) is 17.4 Å². The summed E-state index contributed by atoms with van der Waals surface area (Å²) >= 11 is 1.66. The highest BCUT2D eigenvalue weighted by atomic mass is 32.1. The monoisotopic (exact) mass is 290 g/mol.